The first kappa shape index (κ1) is 12.5. The van der Waals surface area contributed by atoms with Crippen LogP contribution in [0, 0.1) is 6.92 Å². The fourth-order valence-corrected chi connectivity index (χ4v) is 1.73. The minimum Gasteiger partial charge on any atom is -0.506 e. The Morgan fingerprint density at radius 1 is 1.22 bits per heavy atom. The summed E-state index contributed by atoms with van der Waals surface area (Å²) in [5.41, 5.74) is 2.00. The number of carbonyl (C=O) groups excluding carboxylic acids is 1. The van der Waals surface area contributed by atoms with Crippen molar-refractivity contribution in [3.63, 3.8) is 0 Å². The van der Waals surface area contributed by atoms with E-state index in [0.717, 1.165) is 5.56 Å². The number of halogens is 1. The predicted octanol–water partition coefficient (Wildman–Crippen LogP) is 3.61. The van der Waals surface area contributed by atoms with Crippen molar-refractivity contribution in [2.45, 2.75) is 6.92 Å². The molecule has 0 aromatic heterocycles. The highest BCUT2D eigenvalue weighted by atomic mass is 35.5. The fourth-order valence-electron chi connectivity index (χ4n) is 1.62. The Bertz CT molecular complexity index is 596. The molecule has 0 heterocycles. The quantitative estimate of drug-likeness (QED) is 0.868. The van der Waals surface area contributed by atoms with Crippen molar-refractivity contribution in [1.82, 2.24) is 0 Å². The van der Waals surface area contributed by atoms with Gasteiger partial charge in [0.25, 0.3) is 5.91 Å². The predicted molar refractivity (Wildman–Crippen MR) is 72.2 cm³/mol. The summed E-state index contributed by atoms with van der Waals surface area (Å²) in [6, 6.07) is 11.9. The van der Waals surface area contributed by atoms with E-state index in [1.54, 1.807) is 18.2 Å². The Hall–Kier alpha value is -2.00. The van der Waals surface area contributed by atoms with E-state index in [2.05, 4.69) is 5.32 Å². The Labute approximate surface area is 110 Å². The molecule has 2 rings (SSSR count). The highest BCUT2D eigenvalue weighted by Gasteiger charge is 2.09. The molecule has 0 unspecified atom stereocenters. The van der Waals surface area contributed by atoms with E-state index in [-0.39, 0.29) is 16.7 Å². The number of aromatic hydroxyl groups is 1. The van der Waals surface area contributed by atoms with Crippen LogP contribution >= 0.6 is 11.6 Å². The number of amides is 1. The first-order valence-corrected chi connectivity index (χ1v) is 5.81. The average molecular weight is 262 g/mol. The van der Waals surface area contributed by atoms with Crippen molar-refractivity contribution in [2.75, 3.05) is 5.32 Å². The maximum Gasteiger partial charge on any atom is 0.255 e. The van der Waals surface area contributed by atoms with Crippen LogP contribution in [0.4, 0.5) is 5.69 Å². The van der Waals surface area contributed by atoms with Gasteiger partial charge in [-0.25, -0.2) is 0 Å². The molecule has 0 fully saturated rings. The van der Waals surface area contributed by atoms with E-state index in [9.17, 15) is 9.90 Å². The molecular weight excluding hydrogens is 250 g/mol. The molecule has 0 bridgehead atoms. The summed E-state index contributed by atoms with van der Waals surface area (Å²) in [5, 5.41) is 12.4. The van der Waals surface area contributed by atoms with Crippen LogP contribution in [0.15, 0.2) is 42.5 Å². The third kappa shape index (κ3) is 2.63. The second kappa shape index (κ2) is 5.10. The summed E-state index contributed by atoms with van der Waals surface area (Å²) in [5.74, 6) is -0.269. The van der Waals surface area contributed by atoms with Gasteiger partial charge >= 0.3 is 0 Å². The van der Waals surface area contributed by atoms with Crippen LogP contribution in [-0.2, 0) is 0 Å². The normalized spacial score (nSPS) is 10.1. The van der Waals surface area contributed by atoms with E-state index >= 15 is 0 Å². The third-order valence-electron chi connectivity index (χ3n) is 2.59. The number of anilines is 1. The molecule has 0 saturated heterocycles. The number of phenolic OH excluding ortho intramolecular Hbond substituents is 1. The molecule has 1 amide bonds. The van der Waals surface area contributed by atoms with Gasteiger partial charge in [-0.1, -0.05) is 29.8 Å². The van der Waals surface area contributed by atoms with Crippen LogP contribution in [-0.4, -0.2) is 11.0 Å². The molecule has 92 valence electrons. The zero-order valence-corrected chi connectivity index (χ0v) is 10.5. The summed E-state index contributed by atoms with van der Waals surface area (Å²) >= 11 is 5.70. The molecule has 0 atom stereocenters. The Kier molecular flexibility index (Phi) is 3.53. The summed E-state index contributed by atoms with van der Waals surface area (Å²) in [7, 11) is 0. The van der Waals surface area contributed by atoms with Crippen LogP contribution in [0.1, 0.15) is 15.9 Å². The van der Waals surface area contributed by atoms with Gasteiger partial charge in [-0.05, 0) is 30.7 Å². The number of aryl methyl sites for hydroxylation is 1. The standard InChI is InChI=1S/C14H12ClNO2/c1-9-4-2-3-5-11(9)14(18)16-10-6-7-12(15)13(17)8-10/h2-8,17H,1H3,(H,16,18). The molecule has 4 heteroatoms. The van der Waals surface area contributed by atoms with Gasteiger partial charge in [0.05, 0.1) is 5.02 Å². The SMILES string of the molecule is Cc1ccccc1C(=O)Nc1ccc(Cl)c(O)c1. The largest absolute Gasteiger partial charge is 0.506 e. The second-order valence-corrected chi connectivity index (χ2v) is 4.34. The van der Waals surface area contributed by atoms with Gasteiger partial charge in [0.1, 0.15) is 5.75 Å². The zero-order valence-electron chi connectivity index (χ0n) is 9.77. The van der Waals surface area contributed by atoms with E-state index < -0.39 is 0 Å². The van der Waals surface area contributed by atoms with Crippen molar-refractivity contribution in [2.24, 2.45) is 0 Å². The third-order valence-corrected chi connectivity index (χ3v) is 2.91. The molecule has 2 aromatic rings. The van der Waals surface area contributed by atoms with E-state index in [1.807, 2.05) is 19.1 Å². The van der Waals surface area contributed by atoms with Gasteiger partial charge in [0.2, 0.25) is 0 Å². The lowest BCUT2D eigenvalue weighted by Crippen LogP contribution is -2.13. The minimum atomic E-state index is -0.213. The Balaban J connectivity index is 2.22. The van der Waals surface area contributed by atoms with Gasteiger partial charge in [0, 0.05) is 17.3 Å². The van der Waals surface area contributed by atoms with Crippen molar-refractivity contribution in [1.29, 1.82) is 0 Å². The number of rotatable bonds is 2. The number of hydrogen-bond donors (Lipinski definition) is 2. The monoisotopic (exact) mass is 261 g/mol. The van der Waals surface area contributed by atoms with Gasteiger partial charge < -0.3 is 10.4 Å². The molecule has 2 N–H and O–H groups in total. The van der Waals surface area contributed by atoms with E-state index in [1.165, 1.54) is 12.1 Å². The number of hydrogen-bond acceptors (Lipinski definition) is 2. The Morgan fingerprint density at radius 3 is 2.61 bits per heavy atom. The fraction of sp³-hybridized carbons (Fsp3) is 0.0714. The van der Waals surface area contributed by atoms with E-state index in [4.69, 9.17) is 11.6 Å². The van der Waals surface area contributed by atoms with Crippen molar-refractivity contribution < 1.29 is 9.90 Å². The maximum atomic E-state index is 12.0. The number of phenols is 1. The zero-order chi connectivity index (χ0) is 13.1. The highest BCUT2D eigenvalue weighted by Crippen LogP contribution is 2.26. The van der Waals surface area contributed by atoms with E-state index in [0.29, 0.717) is 11.3 Å². The lowest BCUT2D eigenvalue weighted by Gasteiger charge is -2.08. The number of carbonyl (C=O) groups is 1. The smallest absolute Gasteiger partial charge is 0.255 e. The molecule has 0 spiro atoms. The topological polar surface area (TPSA) is 49.3 Å². The molecule has 0 aliphatic rings. The first-order valence-electron chi connectivity index (χ1n) is 5.43. The van der Waals surface area contributed by atoms with Crippen LogP contribution in [0.2, 0.25) is 5.02 Å². The lowest BCUT2D eigenvalue weighted by atomic mass is 10.1. The molecule has 0 aliphatic heterocycles. The van der Waals surface area contributed by atoms with Gasteiger partial charge in [-0.15, -0.1) is 0 Å². The molecule has 0 radical (unpaired) electrons. The molecular formula is C14H12ClNO2. The van der Waals surface area contributed by atoms with Crippen molar-refractivity contribution in [3.8, 4) is 5.75 Å². The Morgan fingerprint density at radius 2 is 1.94 bits per heavy atom. The van der Waals surface area contributed by atoms with Crippen LogP contribution in [0.3, 0.4) is 0 Å². The highest BCUT2D eigenvalue weighted by molar-refractivity contribution is 6.32. The van der Waals surface area contributed by atoms with Gasteiger partial charge in [-0.2, -0.15) is 0 Å². The summed E-state index contributed by atoms with van der Waals surface area (Å²) < 4.78 is 0. The molecule has 0 saturated carbocycles. The first-order chi connectivity index (χ1) is 8.58. The van der Waals surface area contributed by atoms with Crippen molar-refractivity contribution in [3.05, 3.63) is 58.6 Å². The summed E-state index contributed by atoms with van der Waals surface area (Å²) in [6.45, 7) is 1.87. The summed E-state index contributed by atoms with van der Waals surface area (Å²) in [6.07, 6.45) is 0. The number of nitrogens with one attached hydrogen (secondary N) is 1. The number of benzene rings is 2. The molecule has 0 aliphatic carbocycles. The van der Waals surface area contributed by atoms with Gasteiger partial charge in [-0.3, -0.25) is 4.79 Å². The minimum absolute atomic E-state index is 0.0562. The van der Waals surface area contributed by atoms with Crippen LogP contribution < -0.4 is 5.32 Å². The molecule has 2 aromatic carbocycles. The maximum absolute atomic E-state index is 12.0. The summed E-state index contributed by atoms with van der Waals surface area (Å²) in [4.78, 5) is 12.0. The molecule has 3 nitrogen and oxygen atoms in total. The average Bonchev–Trinajstić information content (AvgIpc) is 2.34. The van der Waals surface area contributed by atoms with Crippen LogP contribution in [0.25, 0.3) is 0 Å². The molecule has 18 heavy (non-hydrogen) atoms. The second-order valence-electron chi connectivity index (χ2n) is 3.94. The lowest BCUT2D eigenvalue weighted by molar-refractivity contribution is 0.102. The van der Waals surface area contributed by atoms with Crippen molar-refractivity contribution >= 4 is 23.2 Å². The van der Waals surface area contributed by atoms with Gasteiger partial charge in [0.15, 0.2) is 0 Å². The van der Waals surface area contributed by atoms with Crippen LogP contribution in [0.5, 0.6) is 5.75 Å².